The normalized spacial score (nSPS) is 14.5. The molecule has 0 saturated heterocycles. The summed E-state index contributed by atoms with van der Waals surface area (Å²) < 4.78 is 0. The third kappa shape index (κ3) is 3.39. The molecule has 78 valence electrons. The number of carboxylic acid groups (broad SMARTS) is 2. The Morgan fingerprint density at radius 3 is 1.77 bits per heavy atom. The number of aliphatic hydroxyl groups is 1. The minimum absolute atomic E-state index is 0. The van der Waals surface area contributed by atoms with Crippen molar-refractivity contribution >= 4 is 11.9 Å². The summed E-state index contributed by atoms with van der Waals surface area (Å²) in [6, 6.07) is 0. The van der Waals surface area contributed by atoms with Gasteiger partial charge in [-0.3, -0.25) is 4.79 Å². The van der Waals surface area contributed by atoms with Crippen LogP contribution in [0.4, 0.5) is 0 Å². The minimum Gasteiger partial charge on any atom is -0.481 e. The van der Waals surface area contributed by atoms with Crippen molar-refractivity contribution < 1.29 is 24.9 Å². The molecule has 0 bridgehead atoms. The Balaban J connectivity index is 0. The molecule has 6 nitrogen and oxygen atoms in total. The van der Waals surface area contributed by atoms with Crippen molar-refractivity contribution in [2.45, 2.75) is 25.9 Å². The molecule has 0 aliphatic rings. The summed E-state index contributed by atoms with van der Waals surface area (Å²) in [5, 5.41) is 26.2. The SMILES string of the molecule is CC(C)C(O)(CC(=O)O)C(=O)O.N. The summed E-state index contributed by atoms with van der Waals surface area (Å²) in [5.41, 5.74) is -2.16. The second-order valence-corrected chi connectivity index (χ2v) is 2.95. The van der Waals surface area contributed by atoms with E-state index in [1.807, 2.05) is 0 Å². The smallest absolute Gasteiger partial charge is 0.336 e. The Hall–Kier alpha value is -1.14. The summed E-state index contributed by atoms with van der Waals surface area (Å²) >= 11 is 0. The van der Waals surface area contributed by atoms with Crippen LogP contribution in [0.5, 0.6) is 0 Å². The van der Waals surface area contributed by atoms with Crippen LogP contribution in [0.3, 0.4) is 0 Å². The van der Waals surface area contributed by atoms with E-state index in [0.717, 1.165) is 0 Å². The van der Waals surface area contributed by atoms with Gasteiger partial charge in [0.25, 0.3) is 0 Å². The molecule has 0 fully saturated rings. The van der Waals surface area contributed by atoms with Gasteiger partial charge in [0.15, 0.2) is 5.60 Å². The quantitative estimate of drug-likeness (QED) is 0.500. The van der Waals surface area contributed by atoms with E-state index in [2.05, 4.69) is 0 Å². The van der Waals surface area contributed by atoms with Gasteiger partial charge in [-0.05, 0) is 5.92 Å². The summed E-state index contributed by atoms with van der Waals surface area (Å²) in [5.74, 6) is -3.46. The molecule has 1 unspecified atom stereocenters. The van der Waals surface area contributed by atoms with Gasteiger partial charge in [0.05, 0.1) is 6.42 Å². The molecule has 0 saturated carbocycles. The maximum absolute atomic E-state index is 10.5. The Labute approximate surface area is 75.8 Å². The molecular weight excluding hydrogens is 178 g/mol. The number of aliphatic carboxylic acids is 2. The Morgan fingerprint density at radius 1 is 1.31 bits per heavy atom. The topological polar surface area (TPSA) is 130 Å². The van der Waals surface area contributed by atoms with Gasteiger partial charge in [-0.1, -0.05) is 13.8 Å². The molecule has 0 aromatic rings. The van der Waals surface area contributed by atoms with Crippen LogP contribution < -0.4 is 6.15 Å². The Kier molecular flexibility index (Phi) is 5.29. The Morgan fingerprint density at radius 2 is 1.69 bits per heavy atom. The van der Waals surface area contributed by atoms with Crippen LogP contribution in [0, 0.1) is 5.92 Å². The molecule has 0 heterocycles. The lowest BCUT2D eigenvalue weighted by molar-refractivity contribution is -0.170. The van der Waals surface area contributed by atoms with Crippen LogP contribution in [0.2, 0.25) is 0 Å². The highest BCUT2D eigenvalue weighted by Gasteiger charge is 2.41. The molecule has 0 radical (unpaired) electrons. The summed E-state index contributed by atoms with van der Waals surface area (Å²) in [7, 11) is 0. The van der Waals surface area contributed by atoms with Gasteiger partial charge in [-0.25, -0.2) is 4.79 Å². The van der Waals surface area contributed by atoms with Crippen LogP contribution in [-0.2, 0) is 9.59 Å². The summed E-state index contributed by atoms with van der Waals surface area (Å²) in [6.45, 7) is 2.91. The maximum atomic E-state index is 10.5. The average Bonchev–Trinajstić information content (AvgIpc) is 1.84. The number of hydrogen-bond donors (Lipinski definition) is 4. The van der Waals surface area contributed by atoms with Crippen molar-refractivity contribution in [2.24, 2.45) is 5.92 Å². The van der Waals surface area contributed by atoms with E-state index in [1.54, 1.807) is 0 Å². The molecule has 13 heavy (non-hydrogen) atoms. The lowest BCUT2D eigenvalue weighted by Gasteiger charge is -2.25. The predicted molar refractivity (Wildman–Crippen MR) is 44.7 cm³/mol. The lowest BCUT2D eigenvalue weighted by atomic mass is 9.87. The van der Waals surface area contributed by atoms with Crippen molar-refractivity contribution in [3.63, 3.8) is 0 Å². The summed E-state index contributed by atoms with van der Waals surface area (Å²) in [4.78, 5) is 20.7. The monoisotopic (exact) mass is 193 g/mol. The standard InChI is InChI=1S/C7H12O5.H3N/c1-4(2)7(12,6(10)11)3-5(8)9;/h4,12H,3H2,1-2H3,(H,8,9)(H,10,11);1H3. The minimum atomic E-state index is -2.16. The number of carbonyl (C=O) groups is 2. The van der Waals surface area contributed by atoms with Crippen LogP contribution in [0.25, 0.3) is 0 Å². The molecule has 6 N–H and O–H groups in total. The van der Waals surface area contributed by atoms with E-state index in [-0.39, 0.29) is 6.15 Å². The first kappa shape index (κ1) is 14.4. The molecule has 0 aromatic heterocycles. The fourth-order valence-electron chi connectivity index (χ4n) is 0.757. The lowest BCUT2D eigenvalue weighted by Crippen LogP contribution is -2.45. The van der Waals surface area contributed by atoms with Crippen molar-refractivity contribution in [1.82, 2.24) is 6.15 Å². The highest BCUT2D eigenvalue weighted by molar-refractivity contribution is 5.83. The van der Waals surface area contributed by atoms with Gasteiger partial charge in [0.1, 0.15) is 0 Å². The molecule has 1 atom stereocenters. The number of hydrogen-bond acceptors (Lipinski definition) is 4. The maximum Gasteiger partial charge on any atom is 0.336 e. The molecule has 0 aliphatic heterocycles. The van der Waals surface area contributed by atoms with Crippen molar-refractivity contribution in [2.75, 3.05) is 0 Å². The van der Waals surface area contributed by atoms with Gasteiger partial charge in [-0.15, -0.1) is 0 Å². The van der Waals surface area contributed by atoms with E-state index in [0.29, 0.717) is 0 Å². The average molecular weight is 193 g/mol. The molecular formula is C7H15NO5. The van der Waals surface area contributed by atoms with Crippen molar-refractivity contribution in [1.29, 1.82) is 0 Å². The first-order valence-electron chi connectivity index (χ1n) is 3.48. The van der Waals surface area contributed by atoms with Gasteiger partial charge in [0, 0.05) is 0 Å². The van der Waals surface area contributed by atoms with Crippen LogP contribution in [0.1, 0.15) is 20.3 Å². The molecule has 0 aromatic carbocycles. The fourth-order valence-corrected chi connectivity index (χ4v) is 0.757. The van der Waals surface area contributed by atoms with Crippen molar-refractivity contribution in [3.8, 4) is 0 Å². The number of carboxylic acids is 2. The van der Waals surface area contributed by atoms with E-state index in [1.165, 1.54) is 13.8 Å². The molecule has 0 rings (SSSR count). The van der Waals surface area contributed by atoms with Gasteiger partial charge < -0.3 is 21.5 Å². The van der Waals surface area contributed by atoms with E-state index in [9.17, 15) is 14.7 Å². The third-order valence-corrected chi connectivity index (χ3v) is 1.75. The second kappa shape index (κ2) is 4.78. The van der Waals surface area contributed by atoms with Gasteiger partial charge in [-0.2, -0.15) is 0 Å². The molecule has 0 spiro atoms. The van der Waals surface area contributed by atoms with Crippen LogP contribution in [0.15, 0.2) is 0 Å². The van der Waals surface area contributed by atoms with Crippen molar-refractivity contribution in [3.05, 3.63) is 0 Å². The van der Waals surface area contributed by atoms with Crippen LogP contribution in [-0.4, -0.2) is 32.9 Å². The highest BCUT2D eigenvalue weighted by atomic mass is 16.4. The molecule has 0 amide bonds. The molecule has 0 aliphatic carbocycles. The first-order chi connectivity index (χ1) is 5.30. The zero-order chi connectivity index (χ0) is 9.94. The Bertz CT molecular complexity index is 203. The van der Waals surface area contributed by atoms with Gasteiger partial charge >= 0.3 is 11.9 Å². The summed E-state index contributed by atoms with van der Waals surface area (Å²) in [6.07, 6.45) is -0.778. The zero-order valence-corrected chi connectivity index (χ0v) is 7.65. The van der Waals surface area contributed by atoms with Crippen LogP contribution >= 0.6 is 0 Å². The number of rotatable bonds is 4. The second-order valence-electron chi connectivity index (χ2n) is 2.95. The largest absolute Gasteiger partial charge is 0.481 e. The molecule has 6 heteroatoms. The van der Waals surface area contributed by atoms with Gasteiger partial charge in [0.2, 0.25) is 0 Å². The zero-order valence-electron chi connectivity index (χ0n) is 7.65. The third-order valence-electron chi connectivity index (χ3n) is 1.75. The van der Waals surface area contributed by atoms with E-state index < -0.39 is 29.9 Å². The predicted octanol–water partition coefficient (Wildman–Crippen LogP) is 0.0948. The highest BCUT2D eigenvalue weighted by Crippen LogP contribution is 2.21. The van der Waals surface area contributed by atoms with E-state index >= 15 is 0 Å². The van der Waals surface area contributed by atoms with E-state index in [4.69, 9.17) is 10.2 Å². The first-order valence-corrected chi connectivity index (χ1v) is 3.48. The fraction of sp³-hybridized carbons (Fsp3) is 0.714.